The fraction of sp³-hybridized carbons (Fsp3) is 0.515. The quantitative estimate of drug-likeness (QED) is 0.305. The van der Waals surface area contributed by atoms with E-state index in [1.54, 1.807) is 18.7 Å². The van der Waals surface area contributed by atoms with E-state index >= 15 is 0 Å². The van der Waals surface area contributed by atoms with Crippen molar-refractivity contribution in [2.75, 3.05) is 20.2 Å². The molecule has 1 aromatic heterocycles. The number of benzene rings is 2. The second-order valence-electron chi connectivity index (χ2n) is 13.3. The van der Waals surface area contributed by atoms with Crippen LogP contribution in [0.15, 0.2) is 36.4 Å². The lowest BCUT2D eigenvalue weighted by molar-refractivity contribution is -0.165. The van der Waals surface area contributed by atoms with Gasteiger partial charge in [0.2, 0.25) is 5.91 Å². The number of hydroxylamine groups is 1. The topological polar surface area (TPSA) is 104 Å². The van der Waals surface area contributed by atoms with Crippen molar-refractivity contribution in [2.45, 2.75) is 75.3 Å². The minimum Gasteiger partial charge on any atom is -0.497 e. The number of rotatable bonds is 5. The summed E-state index contributed by atoms with van der Waals surface area (Å²) < 4.78 is 7.97. The first-order valence-electron chi connectivity index (χ1n) is 15.2. The van der Waals surface area contributed by atoms with Crippen LogP contribution in [0.5, 0.6) is 5.75 Å². The molecule has 3 saturated carbocycles. The Kier molecular flexibility index (Phi) is 5.46. The lowest BCUT2D eigenvalue weighted by Crippen LogP contribution is -2.66. The number of β-amino-alcohol motifs (C(OH)–C–C–N with tert-alkyl or cyclic N) is 1. The highest BCUT2D eigenvalue weighted by molar-refractivity contribution is 6.01. The maximum Gasteiger partial charge on any atom is 0.274 e. The van der Waals surface area contributed by atoms with E-state index < -0.39 is 16.9 Å². The molecule has 2 aliphatic heterocycles. The number of fused-ring (bicyclic) bond motifs is 7. The second-order valence-corrected chi connectivity index (χ2v) is 13.3. The summed E-state index contributed by atoms with van der Waals surface area (Å²) in [5, 5.41) is 21.5. The minimum absolute atomic E-state index is 0.0628. The summed E-state index contributed by atoms with van der Waals surface area (Å²) >= 11 is 0. The van der Waals surface area contributed by atoms with Gasteiger partial charge in [-0.2, -0.15) is 0 Å². The molecule has 2 amide bonds. The fourth-order valence-corrected chi connectivity index (χ4v) is 8.44. The van der Waals surface area contributed by atoms with Crippen LogP contribution in [0.2, 0.25) is 0 Å². The zero-order valence-electron chi connectivity index (χ0n) is 23.5. The highest BCUT2D eigenvalue weighted by atomic mass is 16.5. The molecule has 5 aliphatic rings. The molecule has 8 rings (SSSR count). The maximum atomic E-state index is 14.3. The third kappa shape index (κ3) is 3.66. The molecule has 2 aromatic carbocycles. The number of amides is 2. The van der Waals surface area contributed by atoms with E-state index in [1.165, 1.54) is 24.8 Å². The molecule has 2 unspecified atom stereocenters. The van der Waals surface area contributed by atoms with Crippen LogP contribution in [-0.4, -0.2) is 57.4 Å². The first-order valence-corrected chi connectivity index (χ1v) is 15.2. The Morgan fingerprint density at radius 1 is 1.00 bits per heavy atom. The highest BCUT2D eigenvalue weighted by Crippen LogP contribution is 2.66. The third-order valence-electron chi connectivity index (χ3n) is 10.9. The molecule has 3 N–H and O–H groups in total. The Bertz CT molecular complexity index is 1590. The van der Waals surface area contributed by atoms with Crippen LogP contribution >= 0.6 is 0 Å². The number of aliphatic hydroxyl groups is 1. The standard InChI is InChI=1S/C33H37N3O5/c1-41-22-10-12-23-25(14-22)26-15-32(26,31(38)35-17-33(39,18-35)21-8-9-21)16-36-27-13-20(30(37)34-40)7-11-24(27)28(29(23)36)19-5-3-2-4-6-19/h7,10-14,19,21,26,39-40H,2-6,8-9,15-18H2,1H3,(H,34,37). The smallest absolute Gasteiger partial charge is 0.274 e. The van der Waals surface area contributed by atoms with Gasteiger partial charge >= 0.3 is 0 Å². The van der Waals surface area contributed by atoms with Crippen molar-refractivity contribution in [2.24, 2.45) is 11.3 Å². The second kappa shape index (κ2) is 8.82. The number of carbonyl (C=O) groups excluding carboxylic acids is 2. The van der Waals surface area contributed by atoms with Crippen LogP contribution in [0.4, 0.5) is 0 Å². The zero-order valence-corrected chi connectivity index (χ0v) is 23.5. The van der Waals surface area contributed by atoms with Crippen LogP contribution in [0.3, 0.4) is 0 Å². The van der Waals surface area contributed by atoms with Gasteiger partial charge in [-0.05, 0) is 85.4 Å². The van der Waals surface area contributed by atoms with Crippen molar-refractivity contribution in [3.8, 4) is 17.0 Å². The van der Waals surface area contributed by atoms with E-state index in [0.29, 0.717) is 37.0 Å². The summed E-state index contributed by atoms with van der Waals surface area (Å²) in [5.41, 5.74) is 6.54. The molecule has 0 bridgehead atoms. The number of hydrogen-bond acceptors (Lipinski definition) is 5. The van der Waals surface area contributed by atoms with Gasteiger partial charge in [0.05, 0.1) is 31.3 Å². The third-order valence-corrected chi connectivity index (χ3v) is 10.9. The predicted octanol–water partition coefficient (Wildman–Crippen LogP) is 4.95. The number of nitrogens with zero attached hydrogens (tertiary/aromatic N) is 2. The maximum absolute atomic E-state index is 14.3. The molecular weight excluding hydrogens is 518 g/mol. The normalized spacial score (nSPS) is 26.3. The van der Waals surface area contributed by atoms with Gasteiger partial charge in [-0.3, -0.25) is 14.8 Å². The summed E-state index contributed by atoms with van der Waals surface area (Å²) in [7, 11) is 1.68. The van der Waals surface area contributed by atoms with Gasteiger partial charge in [-0.15, -0.1) is 0 Å². The van der Waals surface area contributed by atoms with Crippen LogP contribution in [-0.2, 0) is 11.3 Å². The molecule has 41 heavy (non-hydrogen) atoms. The predicted molar refractivity (Wildman–Crippen MR) is 153 cm³/mol. The highest BCUT2D eigenvalue weighted by Gasteiger charge is 2.66. The van der Waals surface area contributed by atoms with Gasteiger partial charge in [0.15, 0.2) is 0 Å². The number of methoxy groups -OCH3 is 1. The molecule has 2 atom stereocenters. The van der Waals surface area contributed by atoms with Crippen molar-refractivity contribution in [3.05, 3.63) is 53.1 Å². The molecule has 8 heteroatoms. The lowest BCUT2D eigenvalue weighted by Gasteiger charge is -2.48. The summed E-state index contributed by atoms with van der Waals surface area (Å²) in [5.74, 6) is 1.16. The van der Waals surface area contributed by atoms with Gasteiger partial charge in [0.25, 0.3) is 5.91 Å². The minimum atomic E-state index is -0.728. The molecule has 0 radical (unpaired) electrons. The van der Waals surface area contributed by atoms with Gasteiger partial charge in [0.1, 0.15) is 11.4 Å². The number of likely N-dealkylation sites (tertiary alicyclic amines) is 1. The molecule has 8 nitrogen and oxygen atoms in total. The SMILES string of the molecule is COc1ccc2c(c1)C1CC1(C(=O)N1CC(O)(C3CC3)C1)Cn1c-2c(C2CCCCC2)c2ccc(C(=O)NO)cc21. The van der Waals surface area contributed by atoms with E-state index in [-0.39, 0.29) is 11.8 Å². The average molecular weight is 556 g/mol. The van der Waals surface area contributed by atoms with E-state index in [4.69, 9.17) is 4.74 Å². The molecule has 4 fully saturated rings. The number of nitrogens with one attached hydrogen (secondary N) is 1. The van der Waals surface area contributed by atoms with Crippen molar-refractivity contribution in [1.82, 2.24) is 14.9 Å². The van der Waals surface area contributed by atoms with E-state index in [1.807, 2.05) is 23.1 Å². The molecule has 0 spiro atoms. The Morgan fingerprint density at radius 2 is 1.78 bits per heavy atom. The first kappa shape index (κ1) is 25.4. The van der Waals surface area contributed by atoms with E-state index in [9.17, 15) is 19.9 Å². The Morgan fingerprint density at radius 3 is 2.49 bits per heavy atom. The summed E-state index contributed by atoms with van der Waals surface area (Å²) in [6.45, 7) is 1.36. The zero-order chi connectivity index (χ0) is 28.1. The molecule has 1 saturated heterocycles. The molecule has 3 aromatic rings. The number of carbonyl (C=O) groups is 2. The molecule has 3 aliphatic carbocycles. The Balaban J connectivity index is 1.32. The molecular formula is C33H37N3O5. The lowest BCUT2D eigenvalue weighted by atomic mass is 9.81. The van der Waals surface area contributed by atoms with Gasteiger partial charge in [0, 0.05) is 34.5 Å². The fourth-order valence-electron chi connectivity index (χ4n) is 8.44. The Hall–Kier alpha value is -3.36. The van der Waals surface area contributed by atoms with Crippen molar-refractivity contribution >= 4 is 22.7 Å². The monoisotopic (exact) mass is 555 g/mol. The van der Waals surface area contributed by atoms with Crippen LogP contribution in [0, 0.1) is 11.3 Å². The number of hydrogen-bond donors (Lipinski definition) is 3. The molecule has 214 valence electrons. The van der Waals surface area contributed by atoms with E-state index in [0.717, 1.165) is 65.6 Å². The summed E-state index contributed by atoms with van der Waals surface area (Å²) in [4.78, 5) is 28.7. The summed E-state index contributed by atoms with van der Waals surface area (Å²) in [6, 6.07) is 12.0. The van der Waals surface area contributed by atoms with Crippen LogP contribution < -0.4 is 10.2 Å². The van der Waals surface area contributed by atoms with Gasteiger partial charge < -0.3 is 19.3 Å². The largest absolute Gasteiger partial charge is 0.497 e. The average Bonchev–Trinajstić information content (AvgIpc) is 3.91. The first-order chi connectivity index (χ1) is 19.9. The van der Waals surface area contributed by atoms with Crippen molar-refractivity contribution in [1.29, 1.82) is 0 Å². The van der Waals surface area contributed by atoms with Crippen molar-refractivity contribution in [3.63, 3.8) is 0 Å². The van der Waals surface area contributed by atoms with Crippen LogP contribution in [0.1, 0.15) is 84.7 Å². The van der Waals surface area contributed by atoms with Gasteiger partial charge in [-0.1, -0.05) is 25.3 Å². The van der Waals surface area contributed by atoms with E-state index in [2.05, 4.69) is 16.7 Å². The van der Waals surface area contributed by atoms with Crippen LogP contribution in [0.25, 0.3) is 22.2 Å². The summed E-state index contributed by atoms with van der Waals surface area (Å²) in [6.07, 6.45) is 8.73. The van der Waals surface area contributed by atoms with Crippen molar-refractivity contribution < 1.29 is 24.6 Å². The Labute approximate surface area is 239 Å². The molecule has 3 heterocycles. The van der Waals surface area contributed by atoms with Gasteiger partial charge in [-0.25, -0.2) is 5.48 Å². The number of ether oxygens (including phenoxy) is 1. The number of aromatic nitrogens is 1.